The maximum absolute atomic E-state index is 11.9. The molecule has 0 spiro atoms. The van der Waals surface area contributed by atoms with Gasteiger partial charge in [-0.1, -0.05) is 0 Å². The van der Waals surface area contributed by atoms with Crippen molar-refractivity contribution in [1.82, 2.24) is 4.90 Å². The second-order valence-corrected chi connectivity index (χ2v) is 6.12. The number of likely N-dealkylation sites (tertiary alicyclic amines) is 1. The Kier molecular flexibility index (Phi) is 4.99. The summed E-state index contributed by atoms with van der Waals surface area (Å²) in [5.41, 5.74) is 5.22. The first-order valence-electron chi connectivity index (χ1n) is 6.60. The van der Waals surface area contributed by atoms with Crippen molar-refractivity contribution in [3.63, 3.8) is 0 Å². The van der Waals surface area contributed by atoms with Gasteiger partial charge in [-0.15, -0.1) is 0 Å². The average molecular weight is 258 g/mol. The molecule has 18 heavy (non-hydrogen) atoms. The van der Waals surface area contributed by atoms with Crippen molar-refractivity contribution in [2.45, 2.75) is 45.8 Å². The molecule has 0 aromatic rings. The third kappa shape index (κ3) is 4.14. The highest BCUT2D eigenvalue weighted by atomic mass is 16.6. The van der Waals surface area contributed by atoms with Gasteiger partial charge in [-0.3, -0.25) is 0 Å². The third-order valence-electron chi connectivity index (χ3n) is 3.37. The molecule has 0 radical (unpaired) electrons. The minimum atomic E-state index is -0.466. The zero-order valence-electron chi connectivity index (χ0n) is 11.8. The second-order valence-electron chi connectivity index (χ2n) is 6.12. The van der Waals surface area contributed by atoms with E-state index in [0.717, 1.165) is 6.42 Å². The van der Waals surface area contributed by atoms with Gasteiger partial charge < -0.3 is 20.5 Å². The highest BCUT2D eigenvalue weighted by molar-refractivity contribution is 5.68. The van der Waals surface area contributed by atoms with Crippen LogP contribution < -0.4 is 5.73 Å². The number of aliphatic hydroxyl groups excluding tert-OH is 1. The standard InChI is InChI=1S/C13H26N2O3/c1-9(16)11(7-14)10-5-6-15(8-10)12(17)18-13(2,3)4/h9-11,16H,5-8,14H2,1-4H3. The summed E-state index contributed by atoms with van der Waals surface area (Å²) >= 11 is 0. The number of nitrogens with two attached hydrogens (primary N) is 1. The maximum Gasteiger partial charge on any atom is 0.410 e. The first kappa shape index (κ1) is 15.2. The average Bonchev–Trinajstić information content (AvgIpc) is 2.64. The van der Waals surface area contributed by atoms with E-state index < -0.39 is 11.7 Å². The Morgan fingerprint density at radius 2 is 2.17 bits per heavy atom. The van der Waals surface area contributed by atoms with Crippen molar-refractivity contribution < 1.29 is 14.6 Å². The zero-order valence-corrected chi connectivity index (χ0v) is 11.8. The number of nitrogens with zero attached hydrogens (tertiary/aromatic N) is 1. The molecule has 1 heterocycles. The highest BCUT2D eigenvalue weighted by Gasteiger charge is 2.35. The Morgan fingerprint density at radius 1 is 1.56 bits per heavy atom. The monoisotopic (exact) mass is 258 g/mol. The van der Waals surface area contributed by atoms with E-state index >= 15 is 0 Å². The number of hydrogen-bond acceptors (Lipinski definition) is 4. The van der Waals surface area contributed by atoms with Crippen molar-refractivity contribution in [2.24, 2.45) is 17.6 Å². The molecule has 5 nitrogen and oxygen atoms in total. The van der Waals surface area contributed by atoms with E-state index in [0.29, 0.717) is 19.6 Å². The van der Waals surface area contributed by atoms with E-state index in [9.17, 15) is 9.90 Å². The first-order valence-corrected chi connectivity index (χ1v) is 6.60. The smallest absolute Gasteiger partial charge is 0.410 e. The van der Waals surface area contributed by atoms with Crippen LogP contribution in [-0.2, 0) is 4.74 Å². The van der Waals surface area contributed by atoms with Gasteiger partial charge in [0.2, 0.25) is 0 Å². The van der Waals surface area contributed by atoms with E-state index in [1.165, 1.54) is 0 Å². The molecule has 0 bridgehead atoms. The van der Waals surface area contributed by atoms with Crippen molar-refractivity contribution in [3.8, 4) is 0 Å². The maximum atomic E-state index is 11.9. The summed E-state index contributed by atoms with van der Waals surface area (Å²) in [5.74, 6) is 0.319. The molecule has 5 heteroatoms. The predicted molar refractivity (Wildman–Crippen MR) is 70.1 cm³/mol. The van der Waals surface area contributed by atoms with Crippen LogP contribution in [0.1, 0.15) is 34.1 Å². The van der Waals surface area contributed by atoms with Gasteiger partial charge in [0.25, 0.3) is 0 Å². The summed E-state index contributed by atoms with van der Waals surface area (Å²) in [4.78, 5) is 13.6. The predicted octanol–water partition coefficient (Wildman–Crippen LogP) is 1.20. The Hall–Kier alpha value is -0.810. The van der Waals surface area contributed by atoms with Crippen LogP contribution >= 0.6 is 0 Å². The molecule has 0 saturated carbocycles. The van der Waals surface area contributed by atoms with Gasteiger partial charge in [0.05, 0.1) is 6.10 Å². The summed E-state index contributed by atoms with van der Waals surface area (Å²) in [6.45, 7) is 9.09. The lowest BCUT2D eigenvalue weighted by Crippen LogP contribution is -2.38. The summed E-state index contributed by atoms with van der Waals surface area (Å²) in [6.07, 6.45) is 0.177. The van der Waals surface area contributed by atoms with Gasteiger partial charge in [0.15, 0.2) is 0 Å². The summed E-state index contributed by atoms with van der Waals surface area (Å²) in [6, 6.07) is 0. The van der Waals surface area contributed by atoms with Gasteiger partial charge in [-0.05, 0) is 46.6 Å². The minimum Gasteiger partial charge on any atom is -0.444 e. The number of aliphatic hydroxyl groups is 1. The van der Waals surface area contributed by atoms with Gasteiger partial charge >= 0.3 is 6.09 Å². The fraction of sp³-hybridized carbons (Fsp3) is 0.923. The molecule has 3 unspecified atom stereocenters. The molecule has 1 amide bonds. The van der Waals surface area contributed by atoms with Crippen LogP contribution in [0, 0.1) is 11.8 Å². The van der Waals surface area contributed by atoms with Crippen molar-refractivity contribution in [1.29, 1.82) is 0 Å². The van der Waals surface area contributed by atoms with E-state index in [2.05, 4.69) is 0 Å². The van der Waals surface area contributed by atoms with Crippen molar-refractivity contribution in [3.05, 3.63) is 0 Å². The zero-order chi connectivity index (χ0) is 13.9. The highest BCUT2D eigenvalue weighted by Crippen LogP contribution is 2.27. The molecule has 0 aromatic carbocycles. The molecule has 1 aliphatic rings. The van der Waals surface area contributed by atoms with Crippen LogP contribution in [0.5, 0.6) is 0 Å². The summed E-state index contributed by atoms with van der Waals surface area (Å²) in [7, 11) is 0. The molecule has 106 valence electrons. The largest absolute Gasteiger partial charge is 0.444 e. The topological polar surface area (TPSA) is 75.8 Å². The number of ether oxygens (including phenoxy) is 1. The van der Waals surface area contributed by atoms with Crippen molar-refractivity contribution in [2.75, 3.05) is 19.6 Å². The van der Waals surface area contributed by atoms with Crippen LogP contribution in [0.25, 0.3) is 0 Å². The molecule has 0 aliphatic carbocycles. The van der Waals surface area contributed by atoms with Crippen molar-refractivity contribution >= 4 is 6.09 Å². The lowest BCUT2D eigenvalue weighted by atomic mass is 9.87. The van der Waals surface area contributed by atoms with Gasteiger partial charge in [0.1, 0.15) is 5.60 Å². The molecule has 1 saturated heterocycles. The number of hydrogen-bond donors (Lipinski definition) is 2. The van der Waals surface area contributed by atoms with Gasteiger partial charge in [-0.25, -0.2) is 4.79 Å². The van der Waals surface area contributed by atoms with E-state index in [-0.39, 0.29) is 17.9 Å². The lowest BCUT2D eigenvalue weighted by molar-refractivity contribution is 0.0268. The molecule has 1 fully saturated rings. The molecule has 1 aliphatic heterocycles. The fourth-order valence-corrected chi connectivity index (χ4v) is 2.41. The van der Waals surface area contributed by atoms with Gasteiger partial charge in [0, 0.05) is 19.0 Å². The van der Waals surface area contributed by atoms with Crippen LogP contribution in [-0.4, -0.2) is 47.4 Å². The van der Waals surface area contributed by atoms with Crippen LogP contribution in [0.4, 0.5) is 4.79 Å². The van der Waals surface area contributed by atoms with Gasteiger partial charge in [-0.2, -0.15) is 0 Å². The number of carbonyl (C=O) groups excluding carboxylic acids is 1. The van der Waals surface area contributed by atoms with Crippen LogP contribution in [0.3, 0.4) is 0 Å². The SMILES string of the molecule is CC(O)C(CN)C1CCN(C(=O)OC(C)(C)C)C1. The Morgan fingerprint density at radius 3 is 2.61 bits per heavy atom. The lowest BCUT2D eigenvalue weighted by Gasteiger charge is -2.26. The van der Waals surface area contributed by atoms with E-state index in [4.69, 9.17) is 10.5 Å². The molecule has 0 aromatic heterocycles. The molecular weight excluding hydrogens is 232 g/mol. The van der Waals surface area contributed by atoms with E-state index in [1.807, 2.05) is 20.8 Å². The Labute approximate surface area is 109 Å². The fourth-order valence-electron chi connectivity index (χ4n) is 2.41. The number of amides is 1. The number of rotatable bonds is 3. The van der Waals surface area contributed by atoms with Crippen LogP contribution in [0.15, 0.2) is 0 Å². The molecule has 3 atom stereocenters. The summed E-state index contributed by atoms with van der Waals surface area (Å²) < 4.78 is 5.34. The summed E-state index contributed by atoms with van der Waals surface area (Å²) in [5, 5.41) is 9.67. The van der Waals surface area contributed by atoms with Crippen LogP contribution in [0.2, 0.25) is 0 Å². The van der Waals surface area contributed by atoms with E-state index in [1.54, 1.807) is 11.8 Å². The Balaban J connectivity index is 2.53. The molecule has 1 rings (SSSR count). The quantitative estimate of drug-likeness (QED) is 0.797. The number of carbonyl (C=O) groups is 1. The normalized spacial score (nSPS) is 23.9. The molecular formula is C13H26N2O3. The Bertz CT molecular complexity index is 286. The first-order chi connectivity index (χ1) is 8.24. The molecule has 3 N–H and O–H groups in total. The minimum absolute atomic E-state index is 0.0532. The third-order valence-corrected chi connectivity index (χ3v) is 3.37. The second kappa shape index (κ2) is 5.89.